The third-order valence-electron chi connectivity index (χ3n) is 3.27. The van der Waals surface area contributed by atoms with Crippen LogP contribution in [-0.4, -0.2) is 28.2 Å². The normalized spacial score (nSPS) is 10.0. The number of hydrogen-bond donors (Lipinski definition) is 1. The van der Waals surface area contributed by atoms with E-state index < -0.39 is 0 Å². The fourth-order valence-electron chi connectivity index (χ4n) is 2.18. The number of nitrogens with one attached hydrogen (secondary N) is 1. The van der Waals surface area contributed by atoms with E-state index in [0.29, 0.717) is 19.5 Å². The Morgan fingerprint density at radius 3 is 2.96 bits per heavy atom. The average molecular weight is 340 g/mol. The van der Waals surface area contributed by atoms with Gasteiger partial charge in [0.2, 0.25) is 0 Å². The van der Waals surface area contributed by atoms with E-state index in [4.69, 9.17) is 5.26 Å². The number of anilines is 1. The number of carbonyl (C=O) groups is 1. The molecule has 0 radical (unpaired) electrons. The van der Waals surface area contributed by atoms with Gasteiger partial charge in [-0.25, -0.2) is 4.79 Å². The van der Waals surface area contributed by atoms with Gasteiger partial charge in [0.05, 0.1) is 12.5 Å². The van der Waals surface area contributed by atoms with Crippen molar-refractivity contribution >= 4 is 23.5 Å². The second-order valence-electron chi connectivity index (χ2n) is 5.08. The smallest absolute Gasteiger partial charge is 0.319 e. The van der Waals surface area contributed by atoms with Crippen molar-refractivity contribution in [3.05, 3.63) is 54.4 Å². The van der Waals surface area contributed by atoms with Crippen molar-refractivity contribution in [1.82, 2.24) is 9.88 Å². The standard InChI is InChI=1S/C18H20N4OS/c1-2-24-17-8-3-7-16(12-17)21-18(23)22(11-5-9-19)14-15-6-4-10-20-13-15/h3-4,6-8,10,12-13H,2,5,11,14H2,1H3,(H,21,23). The van der Waals surface area contributed by atoms with Gasteiger partial charge in [0, 0.05) is 36.1 Å². The Kier molecular flexibility index (Phi) is 7.12. The molecule has 1 N–H and O–H groups in total. The molecule has 0 fully saturated rings. The van der Waals surface area contributed by atoms with Crippen LogP contribution in [0.15, 0.2) is 53.7 Å². The summed E-state index contributed by atoms with van der Waals surface area (Å²) in [5.74, 6) is 0.979. The molecule has 6 heteroatoms. The number of hydrogen-bond acceptors (Lipinski definition) is 4. The quantitative estimate of drug-likeness (QED) is 0.769. The zero-order valence-electron chi connectivity index (χ0n) is 13.6. The molecule has 0 atom stereocenters. The molecule has 0 bridgehead atoms. The third-order valence-corrected chi connectivity index (χ3v) is 4.15. The predicted molar refractivity (Wildman–Crippen MR) is 96.7 cm³/mol. The van der Waals surface area contributed by atoms with Crippen LogP contribution in [-0.2, 0) is 6.54 Å². The van der Waals surface area contributed by atoms with Crippen molar-refractivity contribution < 1.29 is 4.79 Å². The van der Waals surface area contributed by atoms with E-state index in [1.807, 2.05) is 36.4 Å². The molecule has 1 aromatic heterocycles. The molecule has 0 saturated heterocycles. The first-order valence-electron chi connectivity index (χ1n) is 7.77. The maximum atomic E-state index is 12.6. The Bertz CT molecular complexity index is 700. The molecule has 0 saturated carbocycles. The van der Waals surface area contributed by atoms with Crippen molar-refractivity contribution in [2.75, 3.05) is 17.6 Å². The van der Waals surface area contributed by atoms with Crippen LogP contribution in [0.5, 0.6) is 0 Å². The van der Waals surface area contributed by atoms with Gasteiger partial charge in [-0.15, -0.1) is 11.8 Å². The highest BCUT2D eigenvalue weighted by molar-refractivity contribution is 7.99. The first kappa shape index (κ1) is 17.8. The van der Waals surface area contributed by atoms with Crippen LogP contribution in [0, 0.1) is 11.3 Å². The van der Waals surface area contributed by atoms with Gasteiger partial charge >= 0.3 is 6.03 Å². The van der Waals surface area contributed by atoms with Gasteiger partial charge in [0.15, 0.2) is 0 Å². The van der Waals surface area contributed by atoms with Gasteiger partial charge in [-0.3, -0.25) is 4.98 Å². The van der Waals surface area contributed by atoms with Gasteiger partial charge in [-0.2, -0.15) is 5.26 Å². The highest BCUT2D eigenvalue weighted by Gasteiger charge is 2.14. The summed E-state index contributed by atoms with van der Waals surface area (Å²) in [6.07, 6.45) is 3.71. The number of amides is 2. The Balaban J connectivity index is 2.06. The maximum Gasteiger partial charge on any atom is 0.322 e. The number of thioether (sulfide) groups is 1. The minimum Gasteiger partial charge on any atom is -0.319 e. The van der Waals surface area contributed by atoms with Crippen molar-refractivity contribution in [2.24, 2.45) is 0 Å². The molecule has 1 aromatic carbocycles. The maximum absolute atomic E-state index is 12.6. The molecule has 0 aliphatic rings. The van der Waals surface area contributed by atoms with E-state index in [0.717, 1.165) is 21.9 Å². The van der Waals surface area contributed by atoms with E-state index in [1.165, 1.54) is 0 Å². The number of urea groups is 1. The predicted octanol–water partition coefficient (Wildman–Crippen LogP) is 4.14. The fourth-order valence-corrected chi connectivity index (χ4v) is 2.90. The number of pyridine rings is 1. The largest absolute Gasteiger partial charge is 0.322 e. The molecule has 2 aromatic rings. The Labute approximate surface area is 146 Å². The summed E-state index contributed by atoms with van der Waals surface area (Å²) in [7, 11) is 0. The molecule has 1 heterocycles. The third kappa shape index (κ3) is 5.60. The summed E-state index contributed by atoms with van der Waals surface area (Å²) < 4.78 is 0. The van der Waals surface area contributed by atoms with Gasteiger partial charge in [-0.05, 0) is 35.6 Å². The number of nitrogens with zero attached hydrogens (tertiary/aromatic N) is 3. The van der Waals surface area contributed by atoms with Gasteiger partial charge in [0.1, 0.15) is 0 Å². The highest BCUT2D eigenvalue weighted by atomic mass is 32.2. The first-order valence-corrected chi connectivity index (χ1v) is 8.76. The Hall–Kier alpha value is -2.52. The molecular formula is C18H20N4OS. The highest BCUT2D eigenvalue weighted by Crippen LogP contribution is 2.21. The topological polar surface area (TPSA) is 69.0 Å². The lowest BCUT2D eigenvalue weighted by Crippen LogP contribution is -2.35. The molecule has 2 amide bonds. The Morgan fingerprint density at radius 1 is 1.38 bits per heavy atom. The summed E-state index contributed by atoms with van der Waals surface area (Å²) in [5, 5.41) is 11.7. The molecular weight excluding hydrogens is 320 g/mol. The molecule has 0 aliphatic heterocycles. The van der Waals surface area contributed by atoms with Crippen LogP contribution in [0.3, 0.4) is 0 Å². The van der Waals surface area contributed by atoms with Crippen LogP contribution < -0.4 is 5.32 Å². The van der Waals surface area contributed by atoms with Crippen LogP contribution in [0.25, 0.3) is 0 Å². The van der Waals surface area contributed by atoms with E-state index >= 15 is 0 Å². The van der Waals surface area contributed by atoms with E-state index in [9.17, 15) is 4.79 Å². The van der Waals surface area contributed by atoms with Crippen molar-refractivity contribution in [3.8, 4) is 6.07 Å². The average Bonchev–Trinajstić information content (AvgIpc) is 2.60. The number of carbonyl (C=O) groups excluding carboxylic acids is 1. The number of nitriles is 1. The lowest BCUT2D eigenvalue weighted by molar-refractivity contribution is 0.210. The molecule has 5 nitrogen and oxygen atoms in total. The minimum absolute atomic E-state index is 0.215. The fraction of sp³-hybridized carbons (Fsp3) is 0.278. The monoisotopic (exact) mass is 340 g/mol. The van der Waals surface area contributed by atoms with Crippen LogP contribution in [0.1, 0.15) is 18.9 Å². The van der Waals surface area contributed by atoms with E-state index in [2.05, 4.69) is 23.3 Å². The molecule has 2 rings (SSSR count). The number of rotatable bonds is 7. The van der Waals surface area contributed by atoms with Gasteiger partial charge in [0.25, 0.3) is 0 Å². The summed E-state index contributed by atoms with van der Waals surface area (Å²) in [4.78, 5) is 19.4. The molecule has 24 heavy (non-hydrogen) atoms. The lowest BCUT2D eigenvalue weighted by atomic mass is 10.2. The first-order chi connectivity index (χ1) is 11.7. The lowest BCUT2D eigenvalue weighted by Gasteiger charge is -2.22. The second-order valence-corrected chi connectivity index (χ2v) is 6.42. The molecule has 0 aliphatic carbocycles. The number of aromatic nitrogens is 1. The SMILES string of the molecule is CCSc1cccc(NC(=O)N(CCC#N)Cc2cccnc2)c1. The zero-order valence-corrected chi connectivity index (χ0v) is 14.4. The molecule has 0 spiro atoms. The van der Waals surface area contributed by atoms with E-state index in [-0.39, 0.29) is 6.03 Å². The van der Waals surface area contributed by atoms with E-state index in [1.54, 1.807) is 29.1 Å². The minimum atomic E-state index is -0.215. The van der Waals surface area contributed by atoms with Crippen LogP contribution in [0.2, 0.25) is 0 Å². The zero-order chi connectivity index (χ0) is 17.2. The summed E-state index contributed by atoms with van der Waals surface area (Å²) in [5.41, 5.74) is 1.69. The van der Waals surface area contributed by atoms with Crippen LogP contribution >= 0.6 is 11.8 Å². The summed E-state index contributed by atoms with van der Waals surface area (Å²) in [6, 6.07) is 13.4. The van der Waals surface area contributed by atoms with Crippen molar-refractivity contribution in [2.45, 2.75) is 24.8 Å². The molecule has 0 unspecified atom stereocenters. The van der Waals surface area contributed by atoms with Crippen molar-refractivity contribution in [3.63, 3.8) is 0 Å². The summed E-state index contributed by atoms with van der Waals surface area (Å²) in [6.45, 7) is 2.89. The van der Waals surface area contributed by atoms with Gasteiger partial charge < -0.3 is 10.2 Å². The van der Waals surface area contributed by atoms with Crippen LogP contribution in [0.4, 0.5) is 10.5 Å². The van der Waals surface area contributed by atoms with Crippen molar-refractivity contribution in [1.29, 1.82) is 5.26 Å². The van der Waals surface area contributed by atoms with Gasteiger partial charge in [-0.1, -0.05) is 19.1 Å². The molecule has 124 valence electrons. The Morgan fingerprint density at radius 2 is 2.25 bits per heavy atom. The summed E-state index contributed by atoms with van der Waals surface area (Å²) >= 11 is 1.73. The second kappa shape index (κ2) is 9.58. The number of benzene rings is 1.